The summed E-state index contributed by atoms with van der Waals surface area (Å²) in [4.78, 5) is 41.0. The van der Waals surface area contributed by atoms with Gasteiger partial charge in [-0.05, 0) is 39.2 Å². The molecule has 0 aliphatic carbocycles. The van der Waals surface area contributed by atoms with Crippen LogP contribution in [0.15, 0.2) is 30.3 Å². The molecule has 1 spiro atoms. The summed E-state index contributed by atoms with van der Waals surface area (Å²) in [7, 11) is 0. The summed E-state index contributed by atoms with van der Waals surface area (Å²) in [5.74, 6) is -0.191. The van der Waals surface area contributed by atoms with Crippen molar-refractivity contribution in [3.05, 3.63) is 35.9 Å². The van der Waals surface area contributed by atoms with E-state index in [0.29, 0.717) is 39.0 Å². The highest BCUT2D eigenvalue weighted by Gasteiger charge is 2.51. The Bertz CT molecular complexity index is 751. The molecule has 0 unspecified atom stereocenters. The van der Waals surface area contributed by atoms with Gasteiger partial charge in [-0.1, -0.05) is 30.3 Å². The lowest BCUT2D eigenvalue weighted by Crippen LogP contribution is -2.69. The molecule has 2 fully saturated rings. The van der Waals surface area contributed by atoms with Gasteiger partial charge < -0.3 is 19.7 Å². The van der Waals surface area contributed by atoms with Crippen LogP contribution in [0.1, 0.15) is 39.2 Å². The minimum absolute atomic E-state index is 0.151. The van der Waals surface area contributed by atoms with Gasteiger partial charge in [-0.3, -0.25) is 9.69 Å². The molecule has 0 aromatic heterocycles. The van der Waals surface area contributed by atoms with Gasteiger partial charge in [0.05, 0.1) is 0 Å². The Balaban J connectivity index is 1.66. The number of carbonyl (C=O) groups excluding carboxylic acids is 3. The van der Waals surface area contributed by atoms with Crippen molar-refractivity contribution in [1.29, 1.82) is 0 Å². The molecular formula is C21H29N3O5. The maximum Gasteiger partial charge on any atom is 0.411 e. The van der Waals surface area contributed by atoms with E-state index in [1.165, 1.54) is 4.90 Å². The van der Waals surface area contributed by atoms with E-state index in [9.17, 15) is 14.4 Å². The monoisotopic (exact) mass is 403 g/mol. The van der Waals surface area contributed by atoms with Crippen molar-refractivity contribution >= 4 is 18.1 Å². The Labute approximate surface area is 171 Å². The number of benzene rings is 1. The first kappa shape index (κ1) is 21.0. The highest BCUT2D eigenvalue weighted by molar-refractivity contribution is 5.91. The molecule has 3 amide bonds. The second kappa shape index (κ2) is 8.31. The molecule has 1 aromatic rings. The standard InChI is InChI=1S/C21H29N3O5/c1-20(2,3)29-18(26)23-12-9-21(10-13-23)17(25)22-11-14-24(21)19(27)28-15-16-7-5-4-6-8-16/h4-8H,9-15H2,1-3H3,(H,22,25). The minimum Gasteiger partial charge on any atom is -0.445 e. The first-order chi connectivity index (χ1) is 13.7. The molecule has 1 aromatic carbocycles. The number of hydrogen-bond donors (Lipinski definition) is 1. The summed E-state index contributed by atoms with van der Waals surface area (Å²) in [6.07, 6.45) is -0.215. The van der Waals surface area contributed by atoms with Gasteiger partial charge in [0.1, 0.15) is 17.7 Å². The first-order valence-electron chi connectivity index (χ1n) is 9.96. The largest absolute Gasteiger partial charge is 0.445 e. The van der Waals surface area contributed by atoms with Crippen LogP contribution in [-0.4, -0.2) is 65.2 Å². The maximum atomic E-state index is 12.8. The van der Waals surface area contributed by atoms with E-state index >= 15 is 0 Å². The number of ether oxygens (including phenoxy) is 2. The van der Waals surface area contributed by atoms with Crippen molar-refractivity contribution in [2.75, 3.05) is 26.2 Å². The lowest BCUT2D eigenvalue weighted by atomic mass is 9.83. The van der Waals surface area contributed by atoms with Crippen molar-refractivity contribution in [1.82, 2.24) is 15.1 Å². The Morgan fingerprint density at radius 2 is 1.72 bits per heavy atom. The fourth-order valence-corrected chi connectivity index (χ4v) is 3.73. The average Bonchev–Trinajstić information content (AvgIpc) is 2.68. The van der Waals surface area contributed by atoms with E-state index < -0.39 is 23.3 Å². The summed E-state index contributed by atoms with van der Waals surface area (Å²) in [5.41, 5.74) is -0.692. The topological polar surface area (TPSA) is 88.2 Å². The van der Waals surface area contributed by atoms with Crippen LogP contribution < -0.4 is 5.32 Å². The molecule has 2 aliphatic heterocycles. The highest BCUT2D eigenvalue weighted by atomic mass is 16.6. The molecule has 29 heavy (non-hydrogen) atoms. The van der Waals surface area contributed by atoms with Gasteiger partial charge in [-0.25, -0.2) is 9.59 Å². The lowest BCUT2D eigenvalue weighted by molar-refractivity contribution is -0.139. The van der Waals surface area contributed by atoms with E-state index in [1.807, 2.05) is 51.1 Å². The Morgan fingerprint density at radius 3 is 2.34 bits per heavy atom. The number of likely N-dealkylation sites (tertiary alicyclic amines) is 1. The van der Waals surface area contributed by atoms with Crippen molar-refractivity contribution in [2.24, 2.45) is 0 Å². The van der Waals surface area contributed by atoms with Crippen molar-refractivity contribution < 1.29 is 23.9 Å². The lowest BCUT2D eigenvalue weighted by Gasteiger charge is -2.49. The minimum atomic E-state index is -0.996. The number of rotatable bonds is 2. The number of amides is 3. The SMILES string of the molecule is CC(C)(C)OC(=O)N1CCC2(CC1)C(=O)NCCN2C(=O)OCc1ccccc1. The van der Waals surface area contributed by atoms with Crippen LogP contribution in [0.5, 0.6) is 0 Å². The van der Waals surface area contributed by atoms with Crippen LogP contribution in [0.4, 0.5) is 9.59 Å². The maximum absolute atomic E-state index is 12.8. The second-order valence-electron chi connectivity index (χ2n) is 8.45. The van der Waals surface area contributed by atoms with E-state index in [2.05, 4.69) is 5.32 Å². The molecule has 0 radical (unpaired) electrons. The number of nitrogens with one attached hydrogen (secondary N) is 1. The van der Waals surface area contributed by atoms with E-state index in [-0.39, 0.29) is 12.5 Å². The first-order valence-corrected chi connectivity index (χ1v) is 9.96. The molecule has 2 aliphatic rings. The predicted octanol–water partition coefficient (Wildman–Crippen LogP) is 2.52. The van der Waals surface area contributed by atoms with Gasteiger partial charge >= 0.3 is 12.2 Å². The fourth-order valence-electron chi connectivity index (χ4n) is 3.73. The average molecular weight is 403 g/mol. The molecule has 158 valence electrons. The summed E-state index contributed by atoms with van der Waals surface area (Å²) >= 11 is 0. The number of nitrogens with zero attached hydrogens (tertiary/aromatic N) is 2. The highest BCUT2D eigenvalue weighted by Crippen LogP contribution is 2.32. The van der Waals surface area contributed by atoms with Crippen LogP contribution in [0.3, 0.4) is 0 Å². The molecule has 0 bridgehead atoms. The molecule has 8 heteroatoms. The molecule has 0 saturated carbocycles. The summed E-state index contributed by atoms with van der Waals surface area (Å²) in [6, 6.07) is 9.42. The Kier molecular flexibility index (Phi) is 6.00. The van der Waals surface area contributed by atoms with Crippen LogP contribution >= 0.6 is 0 Å². The van der Waals surface area contributed by atoms with Crippen LogP contribution in [-0.2, 0) is 20.9 Å². The summed E-state index contributed by atoms with van der Waals surface area (Å²) in [6.45, 7) is 7.04. The fraction of sp³-hybridized carbons (Fsp3) is 0.571. The normalized spacial score (nSPS) is 18.9. The second-order valence-corrected chi connectivity index (χ2v) is 8.45. The van der Waals surface area contributed by atoms with Gasteiger partial charge in [0.25, 0.3) is 0 Å². The number of hydrogen-bond acceptors (Lipinski definition) is 5. The third-order valence-electron chi connectivity index (χ3n) is 5.23. The zero-order chi connectivity index (χ0) is 21.1. The third kappa shape index (κ3) is 4.81. The zero-order valence-electron chi connectivity index (χ0n) is 17.3. The van der Waals surface area contributed by atoms with Gasteiger partial charge in [-0.2, -0.15) is 0 Å². The number of piperazine rings is 1. The summed E-state index contributed by atoms with van der Waals surface area (Å²) in [5, 5.41) is 2.86. The third-order valence-corrected chi connectivity index (χ3v) is 5.23. The van der Waals surface area contributed by atoms with E-state index in [1.54, 1.807) is 4.90 Å². The van der Waals surface area contributed by atoms with Gasteiger partial charge in [0, 0.05) is 26.2 Å². The number of piperidine rings is 1. The van der Waals surface area contributed by atoms with E-state index in [4.69, 9.17) is 9.47 Å². The van der Waals surface area contributed by atoms with E-state index in [0.717, 1.165) is 5.56 Å². The molecule has 8 nitrogen and oxygen atoms in total. The van der Waals surface area contributed by atoms with Gasteiger partial charge in [0.2, 0.25) is 5.91 Å². The number of carbonyl (C=O) groups is 3. The van der Waals surface area contributed by atoms with Gasteiger partial charge in [-0.15, -0.1) is 0 Å². The van der Waals surface area contributed by atoms with Crippen LogP contribution in [0, 0.1) is 0 Å². The smallest absolute Gasteiger partial charge is 0.411 e. The van der Waals surface area contributed by atoms with Crippen molar-refractivity contribution in [3.8, 4) is 0 Å². The Morgan fingerprint density at radius 1 is 1.07 bits per heavy atom. The molecular weight excluding hydrogens is 374 g/mol. The molecule has 2 heterocycles. The van der Waals surface area contributed by atoms with Crippen LogP contribution in [0.2, 0.25) is 0 Å². The molecule has 2 saturated heterocycles. The Hall–Kier alpha value is -2.77. The van der Waals surface area contributed by atoms with Crippen LogP contribution in [0.25, 0.3) is 0 Å². The molecule has 3 rings (SSSR count). The predicted molar refractivity (Wildman–Crippen MR) is 106 cm³/mol. The quantitative estimate of drug-likeness (QED) is 0.820. The van der Waals surface area contributed by atoms with Crippen molar-refractivity contribution in [2.45, 2.75) is 51.4 Å². The van der Waals surface area contributed by atoms with Gasteiger partial charge in [0.15, 0.2) is 0 Å². The van der Waals surface area contributed by atoms with Crippen molar-refractivity contribution in [3.63, 3.8) is 0 Å². The molecule has 1 N–H and O–H groups in total. The zero-order valence-corrected chi connectivity index (χ0v) is 17.3. The molecule has 0 atom stereocenters. The summed E-state index contributed by atoms with van der Waals surface area (Å²) < 4.78 is 10.9.